The molecule has 0 amide bonds. The van der Waals surface area contributed by atoms with E-state index in [9.17, 15) is 29.7 Å². The molecule has 0 unspecified atom stereocenters. The van der Waals surface area contributed by atoms with E-state index in [2.05, 4.69) is 6.58 Å². The number of hydrogen-bond acceptors (Lipinski definition) is 7. The standard InChI is InChI=1S/C29H36O8/c1-14(2)8-9-18-20(30)10-15(3)21(23(18)32)25(33)37-24-22(31)16(4)28(6)19-13-27(5,26(34)35)11-17(19)12-29(24,28)36-7/h8,10,17,19,24,30,32H,4,9,11-13H2,1-3,5-7H3,(H,34,35)/t17-,19-,24-,27-,28+,29-/m0/s1. The number of carboxylic acid groups (broad SMARTS) is 1. The number of phenolic OH excluding ortho intramolecular Hbond substituents is 2. The van der Waals surface area contributed by atoms with Crippen molar-refractivity contribution in [1.29, 1.82) is 0 Å². The highest BCUT2D eigenvalue weighted by Crippen LogP contribution is 2.71. The molecule has 4 rings (SSSR count). The second kappa shape index (κ2) is 8.72. The van der Waals surface area contributed by atoms with Crippen LogP contribution in [0.3, 0.4) is 0 Å². The van der Waals surface area contributed by atoms with Crippen LogP contribution in [0.25, 0.3) is 0 Å². The number of ketones is 1. The van der Waals surface area contributed by atoms with E-state index in [1.807, 2.05) is 26.8 Å². The Morgan fingerprint density at radius 2 is 1.84 bits per heavy atom. The lowest BCUT2D eigenvalue weighted by molar-refractivity contribution is -0.155. The van der Waals surface area contributed by atoms with Crippen LogP contribution in [0.2, 0.25) is 0 Å². The van der Waals surface area contributed by atoms with Crippen LogP contribution < -0.4 is 0 Å². The van der Waals surface area contributed by atoms with Gasteiger partial charge in [-0.1, -0.05) is 25.2 Å². The summed E-state index contributed by atoms with van der Waals surface area (Å²) in [6.45, 7) is 13.0. The van der Waals surface area contributed by atoms with Crippen LogP contribution in [-0.2, 0) is 25.5 Å². The average Bonchev–Trinajstić information content (AvgIpc) is 3.31. The van der Waals surface area contributed by atoms with Gasteiger partial charge in [0.05, 0.1) is 5.41 Å². The molecule has 3 fully saturated rings. The van der Waals surface area contributed by atoms with Gasteiger partial charge in [-0.2, -0.15) is 0 Å². The van der Waals surface area contributed by atoms with Crippen LogP contribution in [-0.4, -0.2) is 51.9 Å². The zero-order valence-electron chi connectivity index (χ0n) is 22.3. The van der Waals surface area contributed by atoms with Crippen LogP contribution >= 0.6 is 0 Å². The SMILES string of the molecule is C=C1C(=O)[C@H](OC(=O)c2c(C)cc(O)c(CC=C(C)C)c2O)[C@@]2(OC)C[C@@H]3C[C@](C)(C(=O)O)C[C@@H]3[C@@]12C. The predicted molar refractivity (Wildman–Crippen MR) is 135 cm³/mol. The number of phenols is 2. The highest BCUT2D eigenvalue weighted by atomic mass is 16.6. The van der Waals surface area contributed by atoms with E-state index in [0.29, 0.717) is 24.8 Å². The third-order valence-electron chi connectivity index (χ3n) is 9.33. The van der Waals surface area contributed by atoms with Crippen LogP contribution in [0.1, 0.15) is 68.4 Å². The minimum Gasteiger partial charge on any atom is -0.508 e. The Kier molecular flexibility index (Phi) is 6.35. The maximum Gasteiger partial charge on any atom is 0.343 e. The summed E-state index contributed by atoms with van der Waals surface area (Å²) in [6.07, 6.45) is 1.89. The molecule has 0 aliphatic heterocycles. The van der Waals surface area contributed by atoms with Crippen LogP contribution in [0.4, 0.5) is 0 Å². The van der Waals surface area contributed by atoms with Crippen molar-refractivity contribution in [2.75, 3.05) is 7.11 Å². The molecule has 1 aromatic rings. The summed E-state index contributed by atoms with van der Waals surface area (Å²) in [5.74, 6) is -2.97. The molecule has 3 saturated carbocycles. The number of aryl methyl sites for hydroxylation is 1. The summed E-state index contributed by atoms with van der Waals surface area (Å²) in [4.78, 5) is 39.0. The third kappa shape index (κ3) is 3.63. The maximum absolute atomic E-state index is 13.5. The number of ether oxygens (including phenoxy) is 2. The number of benzene rings is 1. The number of aliphatic carboxylic acids is 1. The molecule has 0 bridgehead atoms. The number of hydrogen-bond donors (Lipinski definition) is 3. The van der Waals surface area contributed by atoms with Gasteiger partial charge in [-0.05, 0) is 76.8 Å². The first-order valence-electron chi connectivity index (χ1n) is 12.6. The van der Waals surface area contributed by atoms with Crippen molar-refractivity contribution >= 4 is 17.7 Å². The summed E-state index contributed by atoms with van der Waals surface area (Å²) in [5, 5.41) is 31.2. The second-order valence-electron chi connectivity index (χ2n) is 11.7. The van der Waals surface area contributed by atoms with Gasteiger partial charge in [-0.3, -0.25) is 9.59 Å². The highest BCUT2D eigenvalue weighted by Gasteiger charge is 2.76. The monoisotopic (exact) mass is 512 g/mol. The zero-order valence-corrected chi connectivity index (χ0v) is 22.3. The number of carboxylic acids is 1. The summed E-state index contributed by atoms with van der Waals surface area (Å²) in [5.41, 5.74) is -1.40. The van der Waals surface area contributed by atoms with Crippen molar-refractivity contribution in [1.82, 2.24) is 0 Å². The molecule has 0 heterocycles. The summed E-state index contributed by atoms with van der Waals surface area (Å²) >= 11 is 0. The largest absolute Gasteiger partial charge is 0.508 e. The van der Waals surface area contributed by atoms with Crippen molar-refractivity contribution in [2.24, 2.45) is 22.7 Å². The molecule has 0 saturated heterocycles. The van der Waals surface area contributed by atoms with Gasteiger partial charge in [0.2, 0.25) is 5.78 Å². The van der Waals surface area contributed by atoms with E-state index >= 15 is 0 Å². The van der Waals surface area contributed by atoms with Gasteiger partial charge < -0.3 is 24.8 Å². The number of allylic oxidation sites excluding steroid dienone is 2. The molecule has 3 aliphatic rings. The van der Waals surface area contributed by atoms with Crippen LogP contribution in [0, 0.1) is 29.6 Å². The van der Waals surface area contributed by atoms with Crippen LogP contribution in [0.15, 0.2) is 29.9 Å². The van der Waals surface area contributed by atoms with E-state index in [-0.39, 0.29) is 46.5 Å². The molecular formula is C29H36O8. The van der Waals surface area contributed by atoms with E-state index in [1.54, 1.807) is 13.8 Å². The van der Waals surface area contributed by atoms with E-state index in [0.717, 1.165) is 5.57 Å². The van der Waals surface area contributed by atoms with Gasteiger partial charge in [-0.25, -0.2) is 4.79 Å². The number of rotatable bonds is 6. The molecule has 6 atom stereocenters. The first kappa shape index (κ1) is 26.9. The first-order chi connectivity index (χ1) is 17.1. The van der Waals surface area contributed by atoms with Gasteiger partial charge in [0, 0.05) is 23.7 Å². The van der Waals surface area contributed by atoms with Crippen LogP contribution in [0.5, 0.6) is 11.5 Å². The fourth-order valence-corrected chi connectivity index (χ4v) is 7.23. The number of Topliss-reactive ketones (excluding diaryl/α,β-unsaturated/α-hetero) is 1. The molecule has 3 N–H and O–H groups in total. The highest BCUT2D eigenvalue weighted by molar-refractivity contribution is 6.07. The maximum atomic E-state index is 13.5. The smallest absolute Gasteiger partial charge is 0.343 e. The lowest BCUT2D eigenvalue weighted by Crippen LogP contribution is -2.52. The minimum atomic E-state index is -1.29. The Hall–Kier alpha value is -3.13. The number of carbonyl (C=O) groups excluding carboxylic acids is 2. The van der Waals surface area contributed by atoms with Gasteiger partial charge in [0.25, 0.3) is 0 Å². The Balaban J connectivity index is 1.72. The number of esters is 1. The molecular weight excluding hydrogens is 476 g/mol. The number of carbonyl (C=O) groups is 3. The lowest BCUT2D eigenvalue weighted by Gasteiger charge is -2.42. The van der Waals surface area contributed by atoms with Gasteiger partial charge in [-0.15, -0.1) is 0 Å². The van der Waals surface area contributed by atoms with Crippen molar-refractivity contribution < 1.29 is 39.2 Å². The topological polar surface area (TPSA) is 130 Å². The molecule has 0 radical (unpaired) electrons. The molecule has 8 heteroatoms. The second-order valence-corrected chi connectivity index (χ2v) is 11.7. The number of fused-ring (bicyclic) bond motifs is 3. The fourth-order valence-electron chi connectivity index (χ4n) is 7.23. The molecule has 1 aromatic carbocycles. The average molecular weight is 513 g/mol. The Labute approximate surface area is 217 Å². The minimum absolute atomic E-state index is 0.0448. The third-order valence-corrected chi connectivity index (χ3v) is 9.33. The van der Waals surface area contributed by atoms with Gasteiger partial charge in [0.15, 0.2) is 6.10 Å². The van der Waals surface area contributed by atoms with E-state index < -0.39 is 40.3 Å². The molecule has 200 valence electrons. The van der Waals surface area contributed by atoms with Gasteiger partial charge in [0.1, 0.15) is 22.7 Å². The van der Waals surface area contributed by atoms with E-state index in [1.165, 1.54) is 13.2 Å². The van der Waals surface area contributed by atoms with E-state index in [4.69, 9.17) is 9.47 Å². The molecule has 8 nitrogen and oxygen atoms in total. The predicted octanol–water partition coefficient (Wildman–Crippen LogP) is 4.49. The molecule has 0 spiro atoms. The Morgan fingerprint density at radius 1 is 1.19 bits per heavy atom. The number of methoxy groups -OCH3 is 1. The van der Waals surface area contributed by atoms with Crippen molar-refractivity contribution in [3.05, 3.63) is 46.6 Å². The molecule has 0 aromatic heterocycles. The Bertz CT molecular complexity index is 1240. The quantitative estimate of drug-likeness (QED) is 0.289. The molecule has 3 aliphatic carbocycles. The summed E-state index contributed by atoms with van der Waals surface area (Å²) in [6, 6.07) is 1.39. The van der Waals surface area contributed by atoms with Gasteiger partial charge >= 0.3 is 11.9 Å². The normalized spacial score (nSPS) is 34.3. The number of aromatic hydroxyl groups is 2. The van der Waals surface area contributed by atoms with Crippen molar-refractivity contribution in [3.8, 4) is 11.5 Å². The van der Waals surface area contributed by atoms with Crippen molar-refractivity contribution in [3.63, 3.8) is 0 Å². The molecule has 37 heavy (non-hydrogen) atoms. The Morgan fingerprint density at radius 3 is 2.41 bits per heavy atom. The van der Waals surface area contributed by atoms with Crippen molar-refractivity contribution in [2.45, 2.75) is 72.0 Å². The zero-order chi connectivity index (χ0) is 27.7. The fraction of sp³-hybridized carbons (Fsp3) is 0.552. The first-order valence-corrected chi connectivity index (χ1v) is 12.6. The summed E-state index contributed by atoms with van der Waals surface area (Å²) < 4.78 is 11.9. The summed E-state index contributed by atoms with van der Waals surface area (Å²) in [7, 11) is 1.48. The lowest BCUT2D eigenvalue weighted by atomic mass is 9.68.